The number of hydrogen-bond acceptors (Lipinski definition) is 4. The molecule has 0 bridgehead atoms. The first kappa shape index (κ1) is 13.4. The van der Waals surface area contributed by atoms with E-state index >= 15 is 0 Å². The quantitative estimate of drug-likeness (QED) is 0.617. The summed E-state index contributed by atoms with van der Waals surface area (Å²) in [4.78, 5) is 23.6. The largest absolute Gasteiger partial charge is 0.349 e. The first-order valence-corrected chi connectivity index (χ1v) is 7.19. The smallest absolute Gasteiger partial charge is 0.288 e. The number of hydrogen-bond donors (Lipinski definition) is 1. The van der Waals surface area contributed by atoms with Crippen LogP contribution in [0.25, 0.3) is 28.4 Å². The van der Waals surface area contributed by atoms with Gasteiger partial charge in [-0.05, 0) is 19.1 Å². The highest BCUT2D eigenvalue weighted by Crippen LogP contribution is 2.19. The zero-order chi connectivity index (χ0) is 15.8. The van der Waals surface area contributed by atoms with Gasteiger partial charge in [-0.25, -0.2) is 9.78 Å². The van der Waals surface area contributed by atoms with Crippen LogP contribution in [0.5, 0.6) is 0 Å². The van der Waals surface area contributed by atoms with Gasteiger partial charge in [0.25, 0.3) is 0 Å². The average Bonchev–Trinajstić information content (AvgIpc) is 3.01. The fourth-order valence-electron chi connectivity index (χ4n) is 2.39. The molecule has 112 valence electrons. The molecule has 0 saturated carbocycles. The number of aromatic amines is 1. The second-order valence-electron chi connectivity index (χ2n) is 5.27. The molecule has 0 aliphatic rings. The summed E-state index contributed by atoms with van der Waals surface area (Å²) in [6, 6.07) is 15.2. The van der Waals surface area contributed by atoms with Gasteiger partial charge in [0.2, 0.25) is 0 Å². The van der Waals surface area contributed by atoms with Gasteiger partial charge in [0.15, 0.2) is 11.5 Å². The van der Waals surface area contributed by atoms with Crippen molar-refractivity contribution in [2.75, 3.05) is 0 Å². The molecule has 4 aromatic rings. The molecule has 0 fully saturated rings. The molecule has 0 saturated heterocycles. The molecule has 23 heavy (non-hydrogen) atoms. The van der Waals surface area contributed by atoms with Gasteiger partial charge < -0.3 is 0 Å². The van der Waals surface area contributed by atoms with Crippen molar-refractivity contribution in [1.82, 2.24) is 24.6 Å². The van der Waals surface area contributed by atoms with Crippen molar-refractivity contribution in [1.29, 1.82) is 0 Å². The van der Waals surface area contributed by atoms with E-state index < -0.39 is 0 Å². The minimum atomic E-state index is -0.339. The second kappa shape index (κ2) is 5.17. The number of nitrogens with one attached hydrogen (secondary N) is 1. The van der Waals surface area contributed by atoms with Gasteiger partial charge in [-0.15, -0.1) is 0 Å². The third-order valence-electron chi connectivity index (χ3n) is 3.59. The van der Waals surface area contributed by atoms with Crippen molar-refractivity contribution in [2.45, 2.75) is 6.92 Å². The van der Waals surface area contributed by atoms with Crippen LogP contribution >= 0.6 is 0 Å². The highest BCUT2D eigenvalue weighted by Gasteiger charge is 2.10. The maximum atomic E-state index is 12.2. The lowest BCUT2D eigenvalue weighted by Gasteiger charge is -1.99. The van der Waals surface area contributed by atoms with E-state index in [1.807, 2.05) is 43.3 Å². The molecule has 3 heterocycles. The van der Waals surface area contributed by atoms with E-state index in [2.05, 4.69) is 20.1 Å². The molecule has 0 atom stereocenters. The van der Waals surface area contributed by atoms with E-state index in [0.717, 1.165) is 5.56 Å². The Morgan fingerprint density at radius 2 is 1.87 bits per heavy atom. The van der Waals surface area contributed by atoms with Crippen LogP contribution in [0, 0.1) is 6.92 Å². The maximum absolute atomic E-state index is 12.2. The normalized spacial score (nSPS) is 11.0. The molecule has 0 aliphatic heterocycles. The second-order valence-corrected chi connectivity index (χ2v) is 5.27. The lowest BCUT2D eigenvalue weighted by molar-refractivity contribution is 0.845. The number of pyridine rings is 1. The average molecular weight is 303 g/mol. The molecular weight excluding hydrogens is 290 g/mol. The molecule has 0 spiro atoms. The number of aromatic nitrogens is 5. The summed E-state index contributed by atoms with van der Waals surface area (Å²) in [6.45, 7) is 2.03. The minimum Gasteiger partial charge on any atom is -0.288 e. The molecule has 6 heteroatoms. The minimum absolute atomic E-state index is 0.339. The van der Waals surface area contributed by atoms with Gasteiger partial charge in [0.1, 0.15) is 5.69 Å². The van der Waals surface area contributed by atoms with Crippen molar-refractivity contribution >= 4 is 5.65 Å². The van der Waals surface area contributed by atoms with Gasteiger partial charge in [-0.2, -0.15) is 9.61 Å². The predicted octanol–water partition coefficient (Wildman–Crippen LogP) is 2.46. The summed E-state index contributed by atoms with van der Waals surface area (Å²) in [6.07, 6.45) is 1.66. The fraction of sp³-hybridized carbons (Fsp3) is 0.0588. The first-order chi connectivity index (χ1) is 11.2. The van der Waals surface area contributed by atoms with E-state index in [-0.39, 0.29) is 5.69 Å². The number of fused-ring (bicyclic) bond motifs is 1. The number of nitrogens with zero attached hydrogens (tertiary/aromatic N) is 4. The lowest BCUT2D eigenvalue weighted by Crippen LogP contribution is -2.19. The van der Waals surface area contributed by atoms with E-state index in [0.29, 0.717) is 22.9 Å². The highest BCUT2D eigenvalue weighted by atomic mass is 16.1. The Hall–Kier alpha value is -3.28. The van der Waals surface area contributed by atoms with Crippen LogP contribution in [0.4, 0.5) is 0 Å². The monoisotopic (exact) mass is 303 g/mol. The molecule has 1 aromatic carbocycles. The Bertz CT molecular complexity index is 1030. The van der Waals surface area contributed by atoms with Gasteiger partial charge in [-0.3, -0.25) is 9.97 Å². The number of rotatable bonds is 2. The molecule has 4 rings (SSSR count). The Balaban J connectivity index is 1.87. The van der Waals surface area contributed by atoms with Crippen molar-refractivity contribution in [3.05, 3.63) is 70.8 Å². The zero-order valence-corrected chi connectivity index (χ0v) is 12.4. The lowest BCUT2D eigenvalue weighted by atomic mass is 10.1. The first-order valence-electron chi connectivity index (χ1n) is 7.19. The van der Waals surface area contributed by atoms with Crippen LogP contribution in [0.2, 0.25) is 0 Å². The van der Waals surface area contributed by atoms with Crippen LogP contribution in [-0.2, 0) is 0 Å². The molecule has 0 amide bonds. The third kappa shape index (κ3) is 2.40. The van der Waals surface area contributed by atoms with Gasteiger partial charge in [0.05, 0.1) is 5.69 Å². The summed E-state index contributed by atoms with van der Waals surface area (Å²) >= 11 is 0. The van der Waals surface area contributed by atoms with Crippen LogP contribution in [0.3, 0.4) is 0 Å². The fourth-order valence-corrected chi connectivity index (χ4v) is 2.39. The number of benzene rings is 1. The molecule has 0 aliphatic carbocycles. The summed E-state index contributed by atoms with van der Waals surface area (Å²) in [5, 5.41) is 4.34. The van der Waals surface area contributed by atoms with E-state index in [1.165, 1.54) is 10.1 Å². The topological polar surface area (TPSA) is 75.9 Å². The molecule has 0 radical (unpaired) electrons. The predicted molar refractivity (Wildman–Crippen MR) is 87.0 cm³/mol. The van der Waals surface area contributed by atoms with Gasteiger partial charge in [0, 0.05) is 17.8 Å². The molecule has 6 nitrogen and oxygen atoms in total. The van der Waals surface area contributed by atoms with E-state index in [9.17, 15) is 4.79 Å². The molecular formula is C17H13N5O. The summed E-state index contributed by atoms with van der Waals surface area (Å²) < 4.78 is 1.27. The van der Waals surface area contributed by atoms with Gasteiger partial charge in [-0.1, -0.05) is 35.9 Å². The molecule has 3 aromatic heterocycles. The Kier molecular flexibility index (Phi) is 3.01. The molecule has 1 N–H and O–H groups in total. The summed E-state index contributed by atoms with van der Waals surface area (Å²) in [5.41, 5.74) is 3.59. The zero-order valence-electron chi connectivity index (χ0n) is 12.4. The van der Waals surface area contributed by atoms with E-state index in [4.69, 9.17) is 0 Å². The molecule has 0 unspecified atom stereocenters. The van der Waals surface area contributed by atoms with E-state index in [1.54, 1.807) is 18.3 Å². The van der Waals surface area contributed by atoms with Crippen LogP contribution < -0.4 is 5.69 Å². The van der Waals surface area contributed by atoms with Crippen molar-refractivity contribution in [3.63, 3.8) is 0 Å². The van der Waals surface area contributed by atoms with Crippen LogP contribution in [0.15, 0.2) is 59.5 Å². The summed E-state index contributed by atoms with van der Waals surface area (Å²) in [5.74, 6) is 0.429. The highest BCUT2D eigenvalue weighted by molar-refractivity contribution is 5.65. The van der Waals surface area contributed by atoms with Crippen molar-refractivity contribution in [2.24, 2.45) is 0 Å². The Morgan fingerprint density at radius 3 is 2.61 bits per heavy atom. The van der Waals surface area contributed by atoms with Crippen LogP contribution in [-0.4, -0.2) is 24.6 Å². The maximum Gasteiger partial charge on any atom is 0.349 e. The number of H-pyrrole nitrogens is 1. The Morgan fingerprint density at radius 1 is 1.04 bits per heavy atom. The van der Waals surface area contributed by atoms with Crippen molar-refractivity contribution in [3.8, 4) is 22.8 Å². The summed E-state index contributed by atoms with van der Waals surface area (Å²) in [7, 11) is 0. The van der Waals surface area contributed by atoms with Crippen molar-refractivity contribution < 1.29 is 0 Å². The Labute approximate surface area is 131 Å². The van der Waals surface area contributed by atoms with Gasteiger partial charge >= 0.3 is 5.69 Å². The standard InChI is InChI=1S/C17H13N5O/c1-11-5-7-12(8-6-11)14-10-15-19-16(13-4-2-3-9-18-13)20-17(23)22(15)21-14/h2-10H,1H3,(H,19,20,23). The third-order valence-corrected chi connectivity index (χ3v) is 3.59. The SMILES string of the molecule is Cc1ccc(-c2cc3nc(-c4ccccn4)[nH]c(=O)n3n2)cc1. The van der Waals surface area contributed by atoms with Crippen LogP contribution in [0.1, 0.15) is 5.56 Å². The number of aryl methyl sites for hydroxylation is 1.